The van der Waals surface area contributed by atoms with Gasteiger partial charge in [-0.3, -0.25) is 0 Å². The van der Waals surface area contributed by atoms with E-state index in [1.165, 1.54) is 12.4 Å². The third kappa shape index (κ3) is 3.29. The molecule has 2 aromatic heterocycles. The predicted octanol–water partition coefficient (Wildman–Crippen LogP) is 4.77. The standard InChI is InChI=1S/C19H19F3N4/c1-4-12-5-6-13(19(20,21)22)9-14(12)16-7-8-17(26(16)3)15-10-18(23-2)25-11-24-15/h5-11H,4H2,1-3H3,(H,23,24,25). The molecule has 0 bridgehead atoms. The normalized spacial score (nSPS) is 11.6. The molecule has 26 heavy (non-hydrogen) atoms. The van der Waals surface area contributed by atoms with Crippen molar-refractivity contribution < 1.29 is 13.2 Å². The molecule has 3 rings (SSSR count). The molecule has 0 unspecified atom stereocenters. The van der Waals surface area contributed by atoms with Crippen molar-refractivity contribution in [3.05, 3.63) is 53.9 Å². The lowest BCUT2D eigenvalue weighted by atomic mass is 9.99. The van der Waals surface area contributed by atoms with Gasteiger partial charge < -0.3 is 9.88 Å². The lowest BCUT2D eigenvalue weighted by Crippen LogP contribution is -2.06. The Bertz CT molecular complexity index is 929. The van der Waals surface area contributed by atoms with Gasteiger partial charge in [0.2, 0.25) is 0 Å². The average Bonchev–Trinajstić information content (AvgIpc) is 3.01. The van der Waals surface area contributed by atoms with Crippen LogP contribution in [0.4, 0.5) is 19.0 Å². The van der Waals surface area contributed by atoms with Gasteiger partial charge in [-0.1, -0.05) is 13.0 Å². The summed E-state index contributed by atoms with van der Waals surface area (Å²) in [4.78, 5) is 8.36. The summed E-state index contributed by atoms with van der Waals surface area (Å²) in [5.74, 6) is 0.672. The van der Waals surface area contributed by atoms with E-state index in [0.717, 1.165) is 17.3 Å². The monoisotopic (exact) mass is 360 g/mol. The lowest BCUT2D eigenvalue weighted by molar-refractivity contribution is -0.137. The highest BCUT2D eigenvalue weighted by Gasteiger charge is 2.31. The lowest BCUT2D eigenvalue weighted by Gasteiger charge is -2.14. The maximum atomic E-state index is 13.1. The van der Waals surface area contributed by atoms with Crippen molar-refractivity contribution in [2.24, 2.45) is 7.05 Å². The SMILES string of the molecule is CCc1ccc(C(F)(F)F)cc1-c1ccc(-c2cc(NC)ncn2)n1C. The van der Waals surface area contributed by atoms with E-state index in [0.29, 0.717) is 29.2 Å². The molecule has 0 aliphatic heterocycles. The fraction of sp³-hybridized carbons (Fsp3) is 0.263. The Kier molecular flexibility index (Phi) is 4.71. The first-order valence-corrected chi connectivity index (χ1v) is 8.21. The van der Waals surface area contributed by atoms with E-state index in [2.05, 4.69) is 15.3 Å². The van der Waals surface area contributed by atoms with E-state index in [-0.39, 0.29) is 0 Å². The fourth-order valence-corrected chi connectivity index (χ4v) is 2.97. The largest absolute Gasteiger partial charge is 0.416 e. The maximum Gasteiger partial charge on any atom is 0.416 e. The molecule has 0 spiro atoms. The van der Waals surface area contributed by atoms with Crippen LogP contribution < -0.4 is 5.32 Å². The number of benzene rings is 1. The summed E-state index contributed by atoms with van der Waals surface area (Å²) in [5, 5.41) is 2.95. The number of aryl methyl sites for hydroxylation is 1. The Labute approximate surface area is 149 Å². The fourth-order valence-electron chi connectivity index (χ4n) is 2.97. The van der Waals surface area contributed by atoms with Crippen LogP contribution in [0.5, 0.6) is 0 Å². The van der Waals surface area contributed by atoms with Crippen LogP contribution in [0.2, 0.25) is 0 Å². The minimum absolute atomic E-state index is 0.582. The summed E-state index contributed by atoms with van der Waals surface area (Å²) in [5.41, 5.74) is 3.02. The molecule has 4 nitrogen and oxygen atoms in total. The Morgan fingerprint density at radius 1 is 1.04 bits per heavy atom. The Morgan fingerprint density at radius 3 is 2.42 bits per heavy atom. The van der Waals surface area contributed by atoms with Gasteiger partial charge in [0, 0.05) is 31.4 Å². The third-order valence-corrected chi connectivity index (χ3v) is 4.40. The van der Waals surface area contributed by atoms with Crippen molar-refractivity contribution >= 4 is 5.82 Å². The number of alkyl halides is 3. The molecule has 0 saturated heterocycles. The van der Waals surface area contributed by atoms with Gasteiger partial charge in [0.15, 0.2) is 0 Å². The number of hydrogen-bond acceptors (Lipinski definition) is 3. The number of nitrogens with zero attached hydrogens (tertiary/aromatic N) is 3. The number of halogens is 3. The molecule has 0 amide bonds. The van der Waals surface area contributed by atoms with E-state index in [9.17, 15) is 13.2 Å². The van der Waals surface area contributed by atoms with Gasteiger partial charge in [-0.15, -0.1) is 0 Å². The van der Waals surface area contributed by atoms with Crippen molar-refractivity contribution in [1.82, 2.24) is 14.5 Å². The second kappa shape index (κ2) is 6.82. The van der Waals surface area contributed by atoms with Crippen LogP contribution in [0.25, 0.3) is 22.6 Å². The zero-order chi connectivity index (χ0) is 18.9. The van der Waals surface area contributed by atoms with E-state index in [1.54, 1.807) is 19.2 Å². The molecule has 1 N–H and O–H groups in total. The van der Waals surface area contributed by atoms with Gasteiger partial charge >= 0.3 is 6.18 Å². The highest BCUT2D eigenvalue weighted by molar-refractivity contribution is 5.71. The molecule has 3 aromatic rings. The van der Waals surface area contributed by atoms with Crippen LogP contribution in [-0.2, 0) is 19.6 Å². The number of rotatable bonds is 4. The van der Waals surface area contributed by atoms with Gasteiger partial charge in [-0.05, 0) is 36.2 Å². The van der Waals surface area contributed by atoms with E-state index < -0.39 is 11.7 Å². The topological polar surface area (TPSA) is 42.7 Å². The Morgan fingerprint density at radius 2 is 1.77 bits per heavy atom. The molecule has 0 aliphatic rings. The molecule has 0 fully saturated rings. The Balaban J connectivity index is 2.13. The zero-order valence-corrected chi connectivity index (χ0v) is 14.7. The quantitative estimate of drug-likeness (QED) is 0.729. The Hall–Kier alpha value is -2.83. The minimum Gasteiger partial charge on any atom is -0.373 e. The third-order valence-electron chi connectivity index (χ3n) is 4.40. The number of nitrogens with one attached hydrogen (secondary N) is 1. The predicted molar refractivity (Wildman–Crippen MR) is 95.8 cm³/mol. The van der Waals surface area contributed by atoms with Crippen molar-refractivity contribution in [3.8, 4) is 22.6 Å². The first-order chi connectivity index (χ1) is 12.3. The molecule has 1 aromatic carbocycles. The molecule has 0 atom stereocenters. The smallest absolute Gasteiger partial charge is 0.373 e. The van der Waals surface area contributed by atoms with E-state index in [1.807, 2.05) is 30.7 Å². The summed E-state index contributed by atoms with van der Waals surface area (Å²) < 4.78 is 41.3. The van der Waals surface area contributed by atoms with Gasteiger partial charge in [-0.25, -0.2) is 9.97 Å². The van der Waals surface area contributed by atoms with Gasteiger partial charge in [0.1, 0.15) is 12.1 Å². The van der Waals surface area contributed by atoms with E-state index in [4.69, 9.17) is 0 Å². The second-order valence-electron chi connectivity index (χ2n) is 5.92. The second-order valence-corrected chi connectivity index (χ2v) is 5.92. The van der Waals surface area contributed by atoms with Crippen LogP contribution in [0, 0.1) is 0 Å². The van der Waals surface area contributed by atoms with Crippen molar-refractivity contribution in [2.45, 2.75) is 19.5 Å². The highest BCUT2D eigenvalue weighted by atomic mass is 19.4. The molecule has 0 aliphatic carbocycles. The maximum absolute atomic E-state index is 13.1. The van der Waals surface area contributed by atoms with Crippen LogP contribution in [0.15, 0.2) is 42.7 Å². The van der Waals surface area contributed by atoms with E-state index >= 15 is 0 Å². The van der Waals surface area contributed by atoms with Crippen LogP contribution in [0.1, 0.15) is 18.1 Å². The van der Waals surface area contributed by atoms with Gasteiger partial charge in [0.25, 0.3) is 0 Å². The molecular formula is C19H19F3N4. The molecule has 0 saturated carbocycles. The minimum atomic E-state index is -4.37. The first-order valence-electron chi connectivity index (χ1n) is 8.21. The molecule has 7 heteroatoms. The van der Waals surface area contributed by atoms with Crippen LogP contribution in [-0.4, -0.2) is 21.6 Å². The van der Waals surface area contributed by atoms with Crippen molar-refractivity contribution in [2.75, 3.05) is 12.4 Å². The summed E-state index contributed by atoms with van der Waals surface area (Å²) >= 11 is 0. The summed E-state index contributed by atoms with van der Waals surface area (Å²) in [6, 6.07) is 9.38. The molecule has 2 heterocycles. The molecule has 0 radical (unpaired) electrons. The average molecular weight is 360 g/mol. The molecule has 136 valence electrons. The summed E-state index contributed by atoms with van der Waals surface area (Å²) in [6.07, 6.45) is -2.27. The van der Waals surface area contributed by atoms with Crippen molar-refractivity contribution in [3.63, 3.8) is 0 Å². The zero-order valence-electron chi connectivity index (χ0n) is 14.7. The van der Waals surface area contributed by atoms with Gasteiger partial charge in [0.05, 0.1) is 17.0 Å². The summed E-state index contributed by atoms with van der Waals surface area (Å²) in [6.45, 7) is 1.93. The number of anilines is 1. The van der Waals surface area contributed by atoms with Gasteiger partial charge in [-0.2, -0.15) is 13.2 Å². The number of hydrogen-bond donors (Lipinski definition) is 1. The number of aromatic nitrogens is 3. The van der Waals surface area contributed by atoms with Crippen LogP contribution in [0.3, 0.4) is 0 Å². The first kappa shape index (κ1) is 18.0. The van der Waals surface area contributed by atoms with Crippen LogP contribution >= 0.6 is 0 Å². The molecular weight excluding hydrogens is 341 g/mol. The van der Waals surface area contributed by atoms with Crippen molar-refractivity contribution in [1.29, 1.82) is 0 Å². The highest BCUT2D eigenvalue weighted by Crippen LogP contribution is 2.35. The summed E-state index contributed by atoms with van der Waals surface area (Å²) in [7, 11) is 3.59.